The van der Waals surface area contributed by atoms with Crippen molar-refractivity contribution in [3.63, 3.8) is 0 Å². The van der Waals surface area contributed by atoms with Crippen LogP contribution in [0.3, 0.4) is 0 Å². The van der Waals surface area contributed by atoms with Crippen LogP contribution >= 0.6 is 23.1 Å². The Morgan fingerprint density at radius 3 is 2.58 bits per heavy atom. The number of fused-ring (bicyclic) bond motifs is 1. The number of hydrogen-bond donors (Lipinski definition) is 1. The highest BCUT2D eigenvalue weighted by Crippen LogP contribution is 2.31. The molecule has 0 aliphatic carbocycles. The van der Waals surface area contributed by atoms with Crippen molar-refractivity contribution in [2.45, 2.75) is 25.5 Å². The van der Waals surface area contributed by atoms with Gasteiger partial charge in [0, 0.05) is 23.4 Å². The molecule has 0 aliphatic rings. The summed E-state index contributed by atoms with van der Waals surface area (Å²) in [5, 5.41) is 13.3. The second kappa shape index (κ2) is 11.6. The van der Waals surface area contributed by atoms with Crippen molar-refractivity contribution in [3.05, 3.63) is 84.9 Å². The third-order valence-corrected chi connectivity index (χ3v) is 7.78. The first-order valence-electron chi connectivity index (χ1n) is 12.2. The van der Waals surface area contributed by atoms with Crippen LogP contribution in [0.25, 0.3) is 32.2 Å². The van der Waals surface area contributed by atoms with Gasteiger partial charge in [-0.05, 0) is 80.1 Å². The quantitative estimate of drug-likeness (QED) is 0.154. The minimum Gasteiger partial charge on any atom is -0.494 e. The molecule has 2 aromatic heterocycles. The number of anilines is 1. The molecule has 7 nitrogen and oxygen atoms in total. The molecule has 38 heavy (non-hydrogen) atoms. The minimum atomic E-state index is -0.117. The van der Waals surface area contributed by atoms with Crippen LogP contribution in [0, 0.1) is 6.92 Å². The molecule has 192 valence electrons. The van der Waals surface area contributed by atoms with Crippen molar-refractivity contribution in [3.8, 4) is 27.7 Å². The third-order valence-electron chi connectivity index (χ3n) is 5.74. The number of ether oxygens (including phenoxy) is 1. The Labute approximate surface area is 229 Å². The van der Waals surface area contributed by atoms with Crippen molar-refractivity contribution in [1.82, 2.24) is 19.7 Å². The maximum atomic E-state index is 12.7. The summed E-state index contributed by atoms with van der Waals surface area (Å²) >= 11 is 3.01. The monoisotopic (exact) mass is 541 g/mol. The first-order chi connectivity index (χ1) is 18.5. The molecule has 1 amide bonds. The van der Waals surface area contributed by atoms with Gasteiger partial charge in [0.2, 0.25) is 5.91 Å². The van der Waals surface area contributed by atoms with E-state index in [1.807, 2.05) is 66.1 Å². The highest BCUT2D eigenvalue weighted by atomic mass is 32.2. The molecular formula is C29H27N5O2S2. The van der Waals surface area contributed by atoms with Gasteiger partial charge in [0.25, 0.3) is 0 Å². The Kier molecular flexibility index (Phi) is 7.86. The molecular weight excluding hydrogens is 514 g/mol. The van der Waals surface area contributed by atoms with Crippen LogP contribution in [-0.2, 0) is 11.3 Å². The van der Waals surface area contributed by atoms with Crippen LogP contribution < -0.4 is 10.1 Å². The Balaban J connectivity index is 1.22. The number of nitrogens with zero attached hydrogens (tertiary/aromatic N) is 4. The fourth-order valence-electron chi connectivity index (χ4n) is 3.95. The summed E-state index contributed by atoms with van der Waals surface area (Å²) in [5.41, 5.74) is 4.90. The standard InChI is InChI=1S/C29H27N5O2S2/c1-4-16-34-27(20-9-13-23(14-10-20)36-5-2)32-33-29(34)37-18-26(35)30-22-11-7-21(8-12-22)28-31-24-15-6-19(3)17-25(24)38-28/h4,6-15,17H,1,5,16,18H2,2-3H3,(H,30,35). The average Bonchev–Trinajstić information content (AvgIpc) is 3.53. The molecule has 0 aliphatic heterocycles. The maximum absolute atomic E-state index is 12.7. The van der Waals surface area contributed by atoms with E-state index in [0.717, 1.165) is 38.9 Å². The fraction of sp³-hybridized carbons (Fsp3) is 0.172. The SMILES string of the molecule is C=CCn1c(SCC(=O)Nc2ccc(-c3nc4ccc(C)cc4s3)cc2)nnc1-c1ccc(OCC)cc1. The second-order valence-corrected chi connectivity index (χ2v) is 10.5. The highest BCUT2D eigenvalue weighted by molar-refractivity contribution is 7.99. The van der Waals surface area contributed by atoms with E-state index in [0.29, 0.717) is 18.3 Å². The second-order valence-electron chi connectivity index (χ2n) is 8.57. The Morgan fingerprint density at radius 2 is 1.84 bits per heavy atom. The largest absolute Gasteiger partial charge is 0.494 e. The van der Waals surface area contributed by atoms with Gasteiger partial charge in [-0.2, -0.15) is 0 Å². The highest BCUT2D eigenvalue weighted by Gasteiger charge is 2.15. The number of rotatable bonds is 10. The van der Waals surface area contributed by atoms with E-state index in [1.54, 1.807) is 17.4 Å². The molecule has 5 aromatic rings. The van der Waals surface area contributed by atoms with Gasteiger partial charge >= 0.3 is 0 Å². The Bertz CT molecular complexity index is 1570. The number of hydrogen-bond acceptors (Lipinski definition) is 7. The molecule has 0 fully saturated rings. The van der Waals surface area contributed by atoms with Gasteiger partial charge in [-0.3, -0.25) is 9.36 Å². The number of benzene rings is 3. The lowest BCUT2D eigenvalue weighted by Crippen LogP contribution is -2.14. The number of aryl methyl sites for hydroxylation is 1. The van der Waals surface area contributed by atoms with Gasteiger partial charge in [0.15, 0.2) is 11.0 Å². The summed E-state index contributed by atoms with van der Waals surface area (Å²) in [7, 11) is 0. The van der Waals surface area contributed by atoms with Crippen molar-refractivity contribution < 1.29 is 9.53 Å². The average molecular weight is 542 g/mol. The fourth-order valence-corrected chi connectivity index (χ4v) is 5.77. The molecule has 0 radical (unpaired) electrons. The van der Waals surface area contributed by atoms with E-state index >= 15 is 0 Å². The zero-order valence-electron chi connectivity index (χ0n) is 21.2. The first-order valence-corrected chi connectivity index (χ1v) is 14.0. The van der Waals surface area contributed by atoms with Gasteiger partial charge in [-0.25, -0.2) is 4.98 Å². The smallest absolute Gasteiger partial charge is 0.234 e. The Hall–Kier alpha value is -3.95. The van der Waals surface area contributed by atoms with E-state index in [9.17, 15) is 4.79 Å². The number of thiazole rings is 1. The van der Waals surface area contributed by atoms with Crippen molar-refractivity contribution in [1.29, 1.82) is 0 Å². The van der Waals surface area contributed by atoms with Crippen molar-refractivity contribution in [2.75, 3.05) is 17.7 Å². The summed E-state index contributed by atoms with van der Waals surface area (Å²) in [6, 6.07) is 21.8. The van der Waals surface area contributed by atoms with Gasteiger partial charge in [-0.15, -0.1) is 28.1 Å². The molecule has 0 spiro atoms. The lowest BCUT2D eigenvalue weighted by Gasteiger charge is -2.09. The van der Waals surface area contributed by atoms with Crippen LogP contribution in [0.4, 0.5) is 5.69 Å². The molecule has 0 bridgehead atoms. The van der Waals surface area contributed by atoms with Crippen LogP contribution in [0.5, 0.6) is 5.75 Å². The van der Waals surface area contributed by atoms with Crippen LogP contribution in [-0.4, -0.2) is 38.0 Å². The van der Waals surface area contributed by atoms with Gasteiger partial charge < -0.3 is 10.1 Å². The zero-order chi connectivity index (χ0) is 26.5. The zero-order valence-corrected chi connectivity index (χ0v) is 22.8. The molecule has 1 N–H and O–H groups in total. The number of aromatic nitrogens is 4. The maximum Gasteiger partial charge on any atom is 0.234 e. The van der Waals surface area contributed by atoms with E-state index in [1.165, 1.54) is 22.0 Å². The van der Waals surface area contributed by atoms with Crippen LogP contribution in [0.1, 0.15) is 12.5 Å². The summed E-state index contributed by atoms with van der Waals surface area (Å²) in [4.78, 5) is 17.4. The number of allylic oxidation sites excluding steroid dienone is 1. The van der Waals surface area contributed by atoms with Gasteiger partial charge in [0.05, 0.1) is 22.6 Å². The predicted octanol–water partition coefficient (Wildman–Crippen LogP) is 6.85. The summed E-state index contributed by atoms with van der Waals surface area (Å²) in [5.74, 6) is 1.61. The predicted molar refractivity (Wildman–Crippen MR) is 156 cm³/mol. The summed E-state index contributed by atoms with van der Waals surface area (Å²) < 4.78 is 8.65. The van der Waals surface area contributed by atoms with Crippen molar-refractivity contribution in [2.24, 2.45) is 0 Å². The van der Waals surface area contributed by atoms with Gasteiger partial charge in [-0.1, -0.05) is 23.9 Å². The van der Waals surface area contributed by atoms with Crippen molar-refractivity contribution >= 4 is 44.9 Å². The number of carbonyl (C=O) groups is 1. The Morgan fingerprint density at radius 1 is 1.08 bits per heavy atom. The molecule has 0 atom stereocenters. The molecule has 0 saturated carbocycles. The number of thioether (sulfide) groups is 1. The molecule has 2 heterocycles. The first kappa shape index (κ1) is 25.7. The number of amides is 1. The van der Waals surface area contributed by atoms with E-state index in [2.05, 4.69) is 41.1 Å². The van der Waals surface area contributed by atoms with Gasteiger partial charge in [0.1, 0.15) is 10.8 Å². The number of carbonyl (C=O) groups excluding carboxylic acids is 1. The molecule has 0 unspecified atom stereocenters. The molecule has 3 aromatic carbocycles. The normalized spacial score (nSPS) is 11.0. The minimum absolute atomic E-state index is 0.117. The lowest BCUT2D eigenvalue weighted by atomic mass is 10.2. The molecule has 9 heteroatoms. The third kappa shape index (κ3) is 5.79. The van der Waals surface area contributed by atoms with Crippen LogP contribution in [0.2, 0.25) is 0 Å². The summed E-state index contributed by atoms with van der Waals surface area (Å²) in [6.45, 7) is 9.04. The van der Waals surface area contributed by atoms with E-state index < -0.39 is 0 Å². The van der Waals surface area contributed by atoms with Crippen LogP contribution in [0.15, 0.2) is 84.5 Å². The lowest BCUT2D eigenvalue weighted by molar-refractivity contribution is -0.113. The topological polar surface area (TPSA) is 81.9 Å². The molecule has 5 rings (SSSR count). The van der Waals surface area contributed by atoms with E-state index in [-0.39, 0.29) is 11.7 Å². The molecule has 0 saturated heterocycles. The summed E-state index contributed by atoms with van der Waals surface area (Å²) in [6.07, 6.45) is 1.79. The van der Waals surface area contributed by atoms with E-state index in [4.69, 9.17) is 9.72 Å². The number of nitrogens with one attached hydrogen (secondary N) is 1.